The summed E-state index contributed by atoms with van der Waals surface area (Å²) in [5.74, 6) is 0.266. The highest BCUT2D eigenvalue weighted by Crippen LogP contribution is 2.31. The Labute approximate surface area is 169 Å². The summed E-state index contributed by atoms with van der Waals surface area (Å²) in [5.41, 5.74) is 1.63. The van der Waals surface area contributed by atoms with Crippen molar-refractivity contribution in [1.82, 2.24) is 5.32 Å². The molecule has 1 atom stereocenters. The highest BCUT2D eigenvalue weighted by Gasteiger charge is 2.23. The van der Waals surface area contributed by atoms with E-state index in [-0.39, 0.29) is 18.5 Å². The normalized spacial score (nSPS) is 13.9. The zero-order chi connectivity index (χ0) is 19.9. The molecule has 3 rings (SSSR count). The number of hydrogen-bond donors (Lipinski definition) is 2. The van der Waals surface area contributed by atoms with Gasteiger partial charge in [0.05, 0.1) is 6.42 Å². The lowest BCUT2D eigenvalue weighted by Gasteiger charge is -2.22. The third-order valence-corrected chi connectivity index (χ3v) is 5.63. The molecule has 1 aromatic carbocycles. The van der Waals surface area contributed by atoms with E-state index in [4.69, 9.17) is 9.47 Å². The molecule has 2 N–H and O–H groups in total. The Kier molecular flexibility index (Phi) is 7.06. The summed E-state index contributed by atoms with van der Waals surface area (Å²) in [7, 11) is 0. The van der Waals surface area contributed by atoms with Gasteiger partial charge in [0.1, 0.15) is 23.3 Å². The molecule has 2 heterocycles. The van der Waals surface area contributed by atoms with Crippen molar-refractivity contribution in [2.24, 2.45) is 0 Å². The zero-order valence-electron chi connectivity index (χ0n) is 16.2. The number of anilines is 1. The average Bonchev–Trinajstić information content (AvgIpc) is 3.35. The molecule has 2 aromatic rings. The summed E-state index contributed by atoms with van der Waals surface area (Å²) in [4.78, 5) is 24.6. The van der Waals surface area contributed by atoms with E-state index in [0.29, 0.717) is 29.6 Å². The number of benzene rings is 1. The second-order valence-corrected chi connectivity index (χ2v) is 7.69. The highest BCUT2D eigenvalue weighted by atomic mass is 32.1. The van der Waals surface area contributed by atoms with Gasteiger partial charge in [-0.3, -0.25) is 4.79 Å². The van der Waals surface area contributed by atoms with Gasteiger partial charge in [0.2, 0.25) is 5.91 Å². The van der Waals surface area contributed by atoms with Gasteiger partial charge in [-0.25, -0.2) is 4.79 Å². The number of nitrogens with one attached hydrogen (secondary N) is 2. The predicted octanol–water partition coefficient (Wildman–Crippen LogP) is 3.63. The molecule has 0 spiro atoms. The minimum Gasteiger partial charge on any atom is -0.489 e. The summed E-state index contributed by atoms with van der Waals surface area (Å²) < 4.78 is 11.7. The van der Waals surface area contributed by atoms with Crippen LogP contribution in [0.4, 0.5) is 5.69 Å². The first kappa shape index (κ1) is 20.4. The minimum absolute atomic E-state index is 0.0397. The summed E-state index contributed by atoms with van der Waals surface area (Å²) in [6.45, 7) is 4.98. The number of carbonyl (C=O) groups excluding carboxylic acids is 2. The van der Waals surface area contributed by atoms with E-state index >= 15 is 0 Å². The lowest BCUT2D eigenvalue weighted by atomic mass is 10.1. The molecular formula is C21H26N2O4S. The fourth-order valence-corrected chi connectivity index (χ4v) is 3.76. The molecule has 1 unspecified atom stereocenters. The Hall–Kier alpha value is -2.38. The smallest absolute Gasteiger partial charge is 0.348 e. The topological polar surface area (TPSA) is 76.7 Å². The molecule has 0 fully saturated rings. The monoisotopic (exact) mass is 402 g/mol. The van der Waals surface area contributed by atoms with Crippen LogP contribution in [0.15, 0.2) is 35.7 Å². The molecule has 0 bridgehead atoms. The van der Waals surface area contributed by atoms with E-state index in [1.54, 1.807) is 6.07 Å². The van der Waals surface area contributed by atoms with Crippen molar-refractivity contribution in [3.8, 4) is 5.75 Å². The molecule has 0 saturated carbocycles. The molecule has 0 saturated heterocycles. The van der Waals surface area contributed by atoms with Crippen molar-refractivity contribution in [2.75, 3.05) is 18.5 Å². The summed E-state index contributed by atoms with van der Waals surface area (Å²) in [6, 6.07) is 9.48. The van der Waals surface area contributed by atoms with Gasteiger partial charge in [-0.1, -0.05) is 26.0 Å². The Morgan fingerprint density at radius 1 is 1.25 bits per heavy atom. The number of rotatable bonds is 10. The number of esters is 1. The van der Waals surface area contributed by atoms with Gasteiger partial charge < -0.3 is 20.1 Å². The van der Waals surface area contributed by atoms with Crippen molar-refractivity contribution >= 4 is 28.9 Å². The molecule has 1 aliphatic heterocycles. The van der Waals surface area contributed by atoms with Crippen LogP contribution < -0.4 is 15.4 Å². The molecule has 1 amide bonds. The lowest BCUT2D eigenvalue weighted by Crippen LogP contribution is -2.40. The summed E-state index contributed by atoms with van der Waals surface area (Å²) >= 11 is 1.36. The van der Waals surface area contributed by atoms with Crippen molar-refractivity contribution < 1.29 is 19.1 Å². The van der Waals surface area contributed by atoms with E-state index in [2.05, 4.69) is 24.5 Å². The van der Waals surface area contributed by atoms with Gasteiger partial charge in [-0.2, -0.15) is 0 Å². The number of ether oxygens (including phenoxy) is 2. The van der Waals surface area contributed by atoms with E-state index < -0.39 is 6.10 Å². The molecule has 1 aromatic heterocycles. The van der Waals surface area contributed by atoms with Crippen LogP contribution in [-0.2, 0) is 16.0 Å². The Morgan fingerprint density at radius 3 is 2.79 bits per heavy atom. The van der Waals surface area contributed by atoms with Gasteiger partial charge in [-0.05, 0) is 36.4 Å². The summed E-state index contributed by atoms with van der Waals surface area (Å²) in [5, 5.41) is 8.11. The lowest BCUT2D eigenvalue weighted by molar-refractivity contribution is -0.115. The van der Waals surface area contributed by atoms with Crippen LogP contribution in [0.2, 0.25) is 0 Å². The second kappa shape index (κ2) is 9.71. The van der Waals surface area contributed by atoms with Crippen LogP contribution in [0.25, 0.3) is 0 Å². The Bertz CT molecular complexity index is 803. The van der Waals surface area contributed by atoms with Crippen molar-refractivity contribution in [3.05, 3.63) is 46.2 Å². The van der Waals surface area contributed by atoms with Gasteiger partial charge in [-0.15, -0.1) is 11.3 Å². The maximum atomic E-state index is 12.4. The molecule has 1 aliphatic rings. The molecule has 6 nitrogen and oxygen atoms in total. The largest absolute Gasteiger partial charge is 0.489 e. The number of hydrogen-bond acceptors (Lipinski definition) is 6. The number of fused-ring (bicyclic) bond motifs is 1. The Morgan fingerprint density at radius 2 is 2.07 bits per heavy atom. The maximum Gasteiger partial charge on any atom is 0.348 e. The standard InChI is InChI=1S/C21H26N2O4S/c1-3-14(4-2)22-12-15(27-21(25)19-9-6-10-28-19)13-26-18-8-5-7-17-16(18)11-20(24)23-17/h5-10,14-15,22H,3-4,11-13H2,1-2H3,(H,23,24). The quantitative estimate of drug-likeness (QED) is 0.594. The first-order valence-corrected chi connectivity index (χ1v) is 10.5. The summed E-state index contributed by atoms with van der Waals surface area (Å²) in [6.07, 6.45) is 1.87. The van der Waals surface area contributed by atoms with Crippen LogP contribution in [0, 0.1) is 0 Å². The SMILES string of the molecule is CCC(CC)NCC(COc1cccc2c1CC(=O)N2)OC(=O)c1cccs1. The van der Waals surface area contributed by atoms with Crippen molar-refractivity contribution in [2.45, 2.75) is 45.3 Å². The van der Waals surface area contributed by atoms with Crippen molar-refractivity contribution in [1.29, 1.82) is 0 Å². The molecule has 150 valence electrons. The molecular weight excluding hydrogens is 376 g/mol. The Balaban J connectivity index is 1.66. The molecule has 28 heavy (non-hydrogen) atoms. The second-order valence-electron chi connectivity index (χ2n) is 6.74. The van der Waals surface area contributed by atoms with Crippen LogP contribution in [0.5, 0.6) is 5.75 Å². The average molecular weight is 403 g/mol. The third-order valence-electron chi connectivity index (χ3n) is 4.79. The van der Waals surface area contributed by atoms with E-state index in [9.17, 15) is 9.59 Å². The maximum absolute atomic E-state index is 12.4. The molecule has 0 aliphatic carbocycles. The number of carbonyl (C=O) groups is 2. The van der Waals surface area contributed by atoms with Crippen LogP contribution in [0.1, 0.15) is 41.9 Å². The van der Waals surface area contributed by atoms with Crippen LogP contribution >= 0.6 is 11.3 Å². The van der Waals surface area contributed by atoms with Crippen LogP contribution in [-0.4, -0.2) is 37.2 Å². The van der Waals surface area contributed by atoms with Gasteiger partial charge in [0.15, 0.2) is 0 Å². The van der Waals surface area contributed by atoms with Gasteiger partial charge in [0.25, 0.3) is 0 Å². The number of amides is 1. The van der Waals surface area contributed by atoms with Gasteiger partial charge >= 0.3 is 5.97 Å². The van der Waals surface area contributed by atoms with E-state index in [1.165, 1.54) is 11.3 Å². The van der Waals surface area contributed by atoms with Crippen LogP contribution in [0.3, 0.4) is 0 Å². The fraction of sp³-hybridized carbons (Fsp3) is 0.429. The van der Waals surface area contributed by atoms with E-state index in [1.807, 2.05) is 29.6 Å². The molecule has 7 heteroatoms. The van der Waals surface area contributed by atoms with E-state index in [0.717, 1.165) is 24.1 Å². The third kappa shape index (κ3) is 5.11. The van der Waals surface area contributed by atoms with Crippen molar-refractivity contribution in [3.63, 3.8) is 0 Å². The first-order chi connectivity index (χ1) is 13.6. The number of thiophene rings is 1. The predicted molar refractivity (Wildman–Crippen MR) is 110 cm³/mol. The first-order valence-electron chi connectivity index (χ1n) is 9.63. The molecule has 0 radical (unpaired) electrons. The minimum atomic E-state index is -0.434. The zero-order valence-corrected chi connectivity index (χ0v) is 17.0. The highest BCUT2D eigenvalue weighted by molar-refractivity contribution is 7.11. The van der Waals surface area contributed by atoms with Gasteiger partial charge in [0, 0.05) is 23.8 Å². The fourth-order valence-electron chi connectivity index (χ4n) is 3.15.